The van der Waals surface area contributed by atoms with Crippen LogP contribution in [-0.4, -0.2) is 17.4 Å². The maximum absolute atomic E-state index is 12.2. The molecule has 2 aromatic rings. The van der Waals surface area contributed by atoms with Crippen LogP contribution >= 0.6 is 11.6 Å². The Morgan fingerprint density at radius 1 is 1.20 bits per heavy atom. The van der Waals surface area contributed by atoms with E-state index in [1.165, 1.54) is 6.07 Å². The molecule has 7 heteroatoms. The molecular formula is C18H20ClN3O3. The van der Waals surface area contributed by atoms with Crippen LogP contribution in [0.3, 0.4) is 0 Å². The summed E-state index contributed by atoms with van der Waals surface area (Å²) in [5.74, 6) is -0.336. The van der Waals surface area contributed by atoms with Crippen LogP contribution in [0, 0.1) is 24.0 Å². The number of aryl methyl sites for hydroxylation is 1. The molecule has 0 radical (unpaired) electrons. The quantitative estimate of drug-likeness (QED) is 0.597. The number of carbonyl (C=O) groups excluding carboxylic acids is 1. The normalized spacial score (nSPS) is 11.8. The van der Waals surface area contributed by atoms with E-state index in [-0.39, 0.29) is 29.9 Å². The highest BCUT2D eigenvalue weighted by molar-refractivity contribution is 6.30. The molecule has 0 aliphatic rings. The van der Waals surface area contributed by atoms with Crippen molar-refractivity contribution in [1.29, 1.82) is 0 Å². The van der Waals surface area contributed by atoms with Crippen molar-refractivity contribution in [3.05, 3.63) is 68.2 Å². The number of carbonyl (C=O) groups is 1. The number of anilines is 1. The number of rotatable bonds is 6. The number of nitro groups is 1. The van der Waals surface area contributed by atoms with Crippen LogP contribution in [0.1, 0.15) is 29.7 Å². The lowest BCUT2D eigenvalue weighted by Crippen LogP contribution is -2.30. The summed E-state index contributed by atoms with van der Waals surface area (Å²) in [5, 5.41) is 17.6. The lowest BCUT2D eigenvalue weighted by atomic mass is 10.1. The minimum atomic E-state index is -0.494. The Morgan fingerprint density at radius 2 is 1.84 bits per heavy atom. The number of nitro benzene ring substituents is 1. The van der Waals surface area contributed by atoms with Crippen LogP contribution in [0.25, 0.3) is 0 Å². The van der Waals surface area contributed by atoms with Gasteiger partial charge in [-0.15, -0.1) is 0 Å². The first-order valence-corrected chi connectivity index (χ1v) is 8.20. The van der Waals surface area contributed by atoms with Crippen molar-refractivity contribution in [2.45, 2.75) is 26.8 Å². The maximum Gasteiger partial charge on any atom is 0.293 e. The molecule has 25 heavy (non-hydrogen) atoms. The van der Waals surface area contributed by atoms with Gasteiger partial charge in [-0.1, -0.05) is 29.8 Å². The van der Waals surface area contributed by atoms with E-state index >= 15 is 0 Å². The van der Waals surface area contributed by atoms with Crippen molar-refractivity contribution >= 4 is 28.9 Å². The van der Waals surface area contributed by atoms with Crippen molar-refractivity contribution in [2.24, 2.45) is 0 Å². The van der Waals surface area contributed by atoms with Gasteiger partial charge in [0.1, 0.15) is 5.69 Å². The number of nitrogens with zero attached hydrogens (tertiary/aromatic N) is 1. The average molecular weight is 362 g/mol. The fourth-order valence-corrected chi connectivity index (χ4v) is 2.54. The fourth-order valence-electron chi connectivity index (χ4n) is 2.41. The first kappa shape index (κ1) is 18.9. The number of nitrogens with one attached hydrogen (secondary N) is 2. The second-order valence-electron chi connectivity index (χ2n) is 5.86. The summed E-state index contributed by atoms with van der Waals surface area (Å²) in [7, 11) is 0. The smallest absolute Gasteiger partial charge is 0.293 e. The number of hydrogen-bond acceptors (Lipinski definition) is 4. The lowest BCUT2D eigenvalue weighted by molar-refractivity contribution is -0.384. The Kier molecular flexibility index (Phi) is 6.12. The molecule has 2 rings (SSSR count). The van der Waals surface area contributed by atoms with Crippen molar-refractivity contribution in [1.82, 2.24) is 5.32 Å². The predicted molar refractivity (Wildman–Crippen MR) is 99.1 cm³/mol. The highest BCUT2D eigenvalue weighted by atomic mass is 35.5. The maximum atomic E-state index is 12.2. The second-order valence-corrected chi connectivity index (χ2v) is 6.30. The van der Waals surface area contributed by atoms with Crippen LogP contribution in [0.5, 0.6) is 0 Å². The summed E-state index contributed by atoms with van der Waals surface area (Å²) >= 11 is 5.86. The van der Waals surface area contributed by atoms with E-state index in [0.717, 1.165) is 11.1 Å². The van der Waals surface area contributed by atoms with Crippen molar-refractivity contribution in [2.75, 3.05) is 11.9 Å². The molecule has 6 nitrogen and oxygen atoms in total. The molecule has 1 amide bonds. The predicted octanol–water partition coefficient (Wildman–Crippen LogP) is 4.15. The molecule has 132 valence electrons. The standard InChI is InChI=1S/C18H20ClN3O3/c1-11-4-9-16(22(24)25)18(12(11)2)21-17(23)10-20-13(3)14-5-7-15(19)8-6-14/h4-9,13,20H,10H2,1-3H3,(H,21,23)/t13-/m0/s1. The largest absolute Gasteiger partial charge is 0.319 e. The third-order valence-electron chi connectivity index (χ3n) is 4.11. The number of hydrogen-bond donors (Lipinski definition) is 2. The molecular weight excluding hydrogens is 342 g/mol. The minimum Gasteiger partial charge on any atom is -0.319 e. The third-order valence-corrected chi connectivity index (χ3v) is 4.37. The summed E-state index contributed by atoms with van der Waals surface area (Å²) in [6.07, 6.45) is 0. The van der Waals surface area contributed by atoms with Crippen LogP contribution < -0.4 is 10.6 Å². The summed E-state index contributed by atoms with van der Waals surface area (Å²) in [6.45, 7) is 5.56. The number of amides is 1. The van der Waals surface area contributed by atoms with E-state index < -0.39 is 4.92 Å². The van der Waals surface area contributed by atoms with Gasteiger partial charge in [-0.2, -0.15) is 0 Å². The second kappa shape index (κ2) is 8.09. The molecule has 0 aromatic heterocycles. The molecule has 0 unspecified atom stereocenters. The van der Waals surface area contributed by atoms with Crippen molar-refractivity contribution in [3.8, 4) is 0 Å². The van der Waals surface area contributed by atoms with Gasteiger partial charge < -0.3 is 10.6 Å². The molecule has 0 aliphatic carbocycles. The molecule has 0 saturated carbocycles. The SMILES string of the molecule is Cc1ccc([N+](=O)[O-])c(NC(=O)CN[C@@H](C)c2ccc(Cl)cc2)c1C. The van der Waals surface area contributed by atoms with Gasteiger partial charge in [-0.3, -0.25) is 14.9 Å². The molecule has 0 fully saturated rings. The highest BCUT2D eigenvalue weighted by Gasteiger charge is 2.19. The van der Waals surface area contributed by atoms with E-state index in [4.69, 9.17) is 11.6 Å². The Balaban J connectivity index is 2.04. The molecule has 2 N–H and O–H groups in total. The zero-order valence-electron chi connectivity index (χ0n) is 14.3. The summed E-state index contributed by atoms with van der Waals surface area (Å²) in [5.41, 5.74) is 2.70. The molecule has 1 atom stereocenters. The topological polar surface area (TPSA) is 84.3 Å². The van der Waals surface area contributed by atoms with Gasteiger partial charge in [-0.25, -0.2) is 0 Å². The van der Waals surface area contributed by atoms with Crippen molar-refractivity contribution < 1.29 is 9.72 Å². The molecule has 2 aromatic carbocycles. The third kappa shape index (κ3) is 4.78. The fraction of sp³-hybridized carbons (Fsp3) is 0.278. The van der Waals surface area contributed by atoms with Gasteiger partial charge in [0, 0.05) is 17.1 Å². The van der Waals surface area contributed by atoms with Gasteiger partial charge in [0.25, 0.3) is 5.69 Å². The Morgan fingerprint density at radius 3 is 2.44 bits per heavy atom. The Labute approximate surface area is 151 Å². The summed E-state index contributed by atoms with van der Waals surface area (Å²) in [4.78, 5) is 22.9. The first-order valence-electron chi connectivity index (χ1n) is 7.83. The summed E-state index contributed by atoms with van der Waals surface area (Å²) in [6, 6.07) is 10.4. The van der Waals surface area contributed by atoms with Crippen LogP contribution in [0.15, 0.2) is 36.4 Å². The number of halogens is 1. The minimum absolute atomic E-state index is 0.0360. The first-order chi connectivity index (χ1) is 11.8. The number of benzene rings is 2. The Bertz CT molecular complexity index is 791. The average Bonchev–Trinajstić information content (AvgIpc) is 2.57. The van der Waals surface area contributed by atoms with Crippen LogP contribution in [0.2, 0.25) is 5.02 Å². The van der Waals surface area contributed by atoms with E-state index in [1.807, 2.05) is 26.0 Å². The van der Waals surface area contributed by atoms with E-state index in [0.29, 0.717) is 10.6 Å². The van der Waals surface area contributed by atoms with Crippen molar-refractivity contribution in [3.63, 3.8) is 0 Å². The van der Waals surface area contributed by atoms with Gasteiger partial charge >= 0.3 is 0 Å². The zero-order valence-corrected chi connectivity index (χ0v) is 15.1. The van der Waals surface area contributed by atoms with Gasteiger partial charge in [0.15, 0.2) is 0 Å². The molecule has 0 spiro atoms. The monoisotopic (exact) mass is 361 g/mol. The molecule has 0 bridgehead atoms. The summed E-state index contributed by atoms with van der Waals surface area (Å²) < 4.78 is 0. The molecule has 0 heterocycles. The highest BCUT2D eigenvalue weighted by Crippen LogP contribution is 2.30. The van der Waals surface area contributed by atoms with Crippen LogP contribution in [-0.2, 0) is 4.79 Å². The molecule has 0 aliphatic heterocycles. The molecule has 0 saturated heterocycles. The van der Waals surface area contributed by atoms with E-state index in [9.17, 15) is 14.9 Å². The van der Waals surface area contributed by atoms with E-state index in [1.54, 1.807) is 25.1 Å². The van der Waals surface area contributed by atoms with Gasteiger partial charge in [-0.05, 0) is 49.6 Å². The van der Waals surface area contributed by atoms with Gasteiger partial charge in [0.05, 0.1) is 11.5 Å². The lowest BCUT2D eigenvalue weighted by Gasteiger charge is -2.15. The Hall–Kier alpha value is -2.44. The van der Waals surface area contributed by atoms with Gasteiger partial charge in [0.2, 0.25) is 5.91 Å². The van der Waals surface area contributed by atoms with Crippen LogP contribution in [0.4, 0.5) is 11.4 Å². The van der Waals surface area contributed by atoms with E-state index in [2.05, 4.69) is 10.6 Å². The zero-order chi connectivity index (χ0) is 18.6.